The first-order valence-corrected chi connectivity index (χ1v) is 10.8. The molecule has 0 radical (unpaired) electrons. The van der Waals surface area contributed by atoms with E-state index in [1.54, 1.807) is 11.2 Å². The second-order valence-corrected chi connectivity index (χ2v) is 9.11. The van der Waals surface area contributed by atoms with Crippen molar-refractivity contribution in [1.82, 2.24) is 19.4 Å². The van der Waals surface area contributed by atoms with Crippen LogP contribution >= 0.6 is 0 Å². The molecule has 2 heterocycles. The number of hydrogen-bond acceptors (Lipinski definition) is 4. The maximum absolute atomic E-state index is 12.0. The predicted molar refractivity (Wildman–Crippen MR) is 104 cm³/mol. The Morgan fingerprint density at radius 3 is 2.42 bits per heavy atom. The standard InChI is InChI=1S/C19H28N4O2S/c1-4-26(24,25)22-12-10-17(11-13-22)20-14-19-15(2)21-23(16(19)3)18-8-6-5-7-9-18/h5-9,17,20H,4,10-14H2,1-3H3. The summed E-state index contributed by atoms with van der Waals surface area (Å²) in [6.07, 6.45) is 1.70. The SMILES string of the molecule is CCS(=O)(=O)N1CCC(NCc2c(C)nn(-c3ccccc3)c2C)CC1. The number of benzene rings is 1. The van der Waals surface area contributed by atoms with Crippen LogP contribution < -0.4 is 5.32 Å². The van der Waals surface area contributed by atoms with E-state index in [-0.39, 0.29) is 5.75 Å². The van der Waals surface area contributed by atoms with Gasteiger partial charge in [-0.25, -0.2) is 17.4 Å². The summed E-state index contributed by atoms with van der Waals surface area (Å²) in [4.78, 5) is 0. The van der Waals surface area contributed by atoms with Crippen LogP contribution in [0.4, 0.5) is 0 Å². The van der Waals surface area contributed by atoms with E-state index in [1.807, 2.05) is 29.8 Å². The molecule has 1 N–H and O–H groups in total. The lowest BCUT2D eigenvalue weighted by Gasteiger charge is -2.31. The third kappa shape index (κ3) is 4.00. The number of sulfonamides is 1. The third-order valence-electron chi connectivity index (χ3n) is 5.22. The maximum atomic E-state index is 12.0. The lowest BCUT2D eigenvalue weighted by Crippen LogP contribution is -2.45. The zero-order chi connectivity index (χ0) is 18.7. The van der Waals surface area contributed by atoms with Crippen molar-refractivity contribution in [2.24, 2.45) is 0 Å². The summed E-state index contributed by atoms with van der Waals surface area (Å²) in [5.74, 6) is 0.183. The Balaban J connectivity index is 1.62. The number of rotatable bonds is 6. The molecule has 1 aliphatic heterocycles. The lowest BCUT2D eigenvalue weighted by atomic mass is 10.1. The van der Waals surface area contributed by atoms with Gasteiger partial charge in [-0.1, -0.05) is 18.2 Å². The molecule has 6 nitrogen and oxygen atoms in total. The molecule has 0 aliphatic carbocycles. The van der Waals surface area contributed by atoms with Crippen molar-refractivity contribution >= 4 is 10.0 Å². The zero-order valence-electron chi connectivity index (χ0n) is 15.8. The molecule has 1 aromatic carbocycles. The zero-order valence-corrected chi connectivity index (χ0v) is 16.6. The molecular formula is C19H28N4O2S. The topological polar surface area (TPSA) is 67.2 Å². The van der Waals surface area contributed by atoms with E-state index in [9.17, 15) is 8.42 Å². The van der Waals surface area contributed by atoms with Crippen LogP contribution in [-0.2, 0) is 16.6 Å². The average Bonchev–Trinajstić information content (AvgIpc) is 2.95. The summed E-state index contributed by atoms with van der Waals surface area (Å²) < 4.78 is 27.5. The molecule has 0 atom stereocenters. The Hall–Kier alpha value is -1.70. The van der Waals surface area contributed by atoms with Crippen LogP contribution in [0.3, 0.4) is 0 Å². The van der Waals surface area contributed by atoms with Crippen molar-refractivity contribution in [3.8, 4) is 5.69 Å². The van der Waals surface area contributed by atoms with Crippen molar-refractivity contribution in [3.05, 3.63) is 47.3 Å². The van der Waals surface area contributed by atoms with Crippen molar-refractivity contribution in [3.63, 3.8) is 0 Å². The number of piperidine rings is 1. The minimum absolute atomic E-state index is 0.183. The van der Waals surface area contributed by atoms with E-state index < -0.39 is 10.0 Å². The van der Waals surface area contributed by atoms with Gasteiger partial charge in [-0.15, -0.1) is 0 Å². The minimum atomic E-state index is -3.06. The highest BCUT2D eigenvalue weighted by Gasteiger charge is 2.26. The molecule has 1 saturated heterocycles. The van der Waals surface area contributed by atoms with Gasteiger partial charge in [0, 0.05) is 36.9 Å². The molecule has 0 unspecified atom stereocenters. The smallest absolute Gasteiger partial charge is 0.213 e. The average molecular weight is 377 g/mol. The number of hydrogen-bond donors (Lipinski definition) is 1. The second kappa shape index (κ2) is 7.90. The monoisotopic (exact) mass is 376 g/mol. The fourth-order valence-corrected chi connectivity index (χ4v) is 4.65. The molecule has 1 aromatic heterocycles. The van der Waals surface area contributed by atoms with Crippen LogP contribution in [0, 0.1) is 13.8 Å². The Kier molecular flexibility index (Phi) is 5.79. The van der Waals surface area contributed by atoms with Gasteiger partial charge in [0.05, 0.1) is 17.1 Å². The number of nitrogens with zero attached hydrogens (tertiary/aromatic N) is 3. The van der Waals surface area contributed by atoms with E-state index >= 15 is 0 Å². The van der Waals surface area contributed by atoms with Crippen molar-refractivity contribution in [2.45, 2.75) is 46.2 Å². The molecule has 7 heteroatoms. The predicted octanol–water partition coefficient (Wildman–Crippen LogP) is 2.39. The van der Waals surface area contributed by atoms with Gasteiger partial charge in [0.2, 0.25) is 10.0 Å². The minimum Gasteiger partial charge on any atom is -0.310 e. The molecule has 0 amide bonds. The van der Waals surface area contributed by atoms with Gasteiger partial charge in [0.1, 0.15) is 0 Å². The summed E-state index contributed by atoms with van der Waals surface area (Å²) in [6.45, 7) is 7.82. The quantitative estimate of drug-likeness (QED) is 0.841. The molecule has 2 aromatic rings. The molecule has 1 fully saturated rings. The Labute approximate surface area is 156 Å². The first-order chi connectivity index (χ1) is 12.4. The molecule has 26 heavy (non-hydrogen) atoms. The van der Waals surface area contributed by atoms with Gasteiger partial charge in [0.25, 0.3) is 0 Å². The Bertz CT molecular complexity index is 838. The van der Waals surface area contributed by atoms with Gasteiger partial charge >= 0.3 is 0 Å². The van der Waals surface area contributed by atoms with Gasteiger partial charge in [0.15, 0.2) is 0 Å². The highest BCUT2D eigenvalue weighted by atomic mass is 32.2. The fourth-order valence-electron chi connectivity index (χ4n) is 3.52. The van der Waals surface area contributed by atoms with Crippen LogP contribution in [-0.4, -0.2) is 47.4 Å². The Morgan fingerprint density at radius 2 is 1.81 bits per heavy atom. The normalized spacial score (nSPS) is 16.9. The van der Waals surface area contributed by atoms with E-state index in [2.05, 4.69) is 29.5 Å². The van der Waals surface area contributed by atoms with Gasteiger partial charge in [-0.05, 0) is 45.7 Å². The molecular weight excluding hydrogens is 348 g/mol. The van der Waals surface area contributed by atoms with Crippen molar-refractivity contribution < 1.29 is 8.42 Å². The summed E-state index contributed by atoms with van der Waals surface area (Å²) in [5, 5.41) is 8.29. The van der Waals surface area contributed by atoms with Gasteiger partial charge in [-0.2, -0.15) is 5.10 Å². The van der Waals surface area contributed by atoms with E-state index in [0.717, 1.165) is 36.5 Å². The summed E-state index contributed by atoms with van der Waals surface area (Å²) in [5.41, 5.74) is 4.46. The lowest BCUT2D eigenvalue weighted by molar-refractivity contribution is 0.289. The van der Waals surface area contributed by atoms with Crippen LogP contribution in [0.15, 0.2) is 30.3 Å². The van der Waals surface area contributed by atoms with Crippen molar-refractivity contribution in [2.75, 3.05) is 18.8 Å². The van der Waals surface area contributed by atoms with E-state index in [4.69, 9.17) is 0 Å². The highest BCUT2D eigenvalue weighted by molar-refractivity contribution is 7.89. The van der Waals surface area contributed by atoms with E-state index in [1.165, 1.54) is 5.56 Å². The number of aryl methyl sites for hydroxylation is 1. The Morgan fingerprint density at radius 1 is 1.15 bits per heavy atom. The summed E-state index contributed by atoms with van der Waals surface area (Å²) in [6, 6.07) is 10.5. The van der Waals surface area contributed by atoms with Crippen LogP contribution in [0.1, 0.15) is 36.7 Å². The van der Waals surface area contributed by atoms with Gasteiger partial charge in [-0.3, -0.25) is 0 Å². The maximum Gasteiger partial charge on any atom is 0.213 e. The first-order valence-electron chi connectivity index (χ1n) is 9.24. The number of para-hydroxylation sites is 1. The first kappa shape index (κ1) is 19.1. The molecule has 0 bridgehead atoms. The molecule has 1 aliphatic rings. The second-order valence-electron chi connectivity index (χ2n) is 6.85. The number of nitrogens with one attached hydrogen (secondary N) is 1. The molecule has 0 saturated carbocycles. The molecule has 3 rings (SSSR count). The molecule has 0 spiro atoms. The van der Waals surface area contributed by atoms with Crippen LogP contribution in [0.5, 0.6) is 0 Å². The van der Waals surface area contributed by atoms with E-state index in [0.29, 0.717) is 19.1 Å². The number of aromatic nitrogens is 2. The van der Waals surface area contributed by atoms with Crippen LogP contribution in [0.2, 0.25) is 0 Å². The van der Waals surface area contributed by atoms with Gasteiger partial charge < -0.3 is 5.32 Å². The fraction of sp³-hybridized carbons (Fsp3) is 0.526. The summed E-state index contributed by atoms with van der Waals surface area (Å²) in [7, 11) is -3.06. The summed E-state index contributed by atoms with van der Waals surface area (Å²) >= 11 is 0. The highest BCUT2D eigenvalue weighted by Crippen LogP contribution is 2.19. The van der Waals surface area contributed by atoms with Crippen LogP contribution in [0.25, 0.3) is 5.69 Å². The largest absolute Gasteiger partial charge is 0.310 e. The van der Waals surface area contributed by atoms with Crippen molar-refractivity contribution in [1.29, 1.82) is 0 Å². The third-order valence-corrected chi connectivity index (χ3v) is 7.10. The molecule has 142 valence electrons.